The van der Waals surface area contributed by atoms with Crippen LogP contribution in [0.15, 0.2) is 53.8 Å². The lowest BCUT2D eigenvalue weighted by Crippen LogP contribution is -2.14. The van der Waals surface area contributed by atoms with E-state index < -0.39 is 5.91 Å². The van der Waals surface area contributed by atoms with Crippen LogP contribution in [0.5, 0.6) is 5.75 Å². The topological polar surface area (TPSA) is 95.9 Å². The molecule has 128 valence electrons. The summed E-state index contributed by atoms with van der Waals surface area (Å²) in [7, 11) is 0. The van der Waals surface area contributed by atoms with Crippen LogP contribution in [-0.4, -0.2) is 38.0 Å². The predicted octanol–water partition coefficient (Wildman–Crippen LogP) is 2.31. The highest BCUT2D eigenvalue weighted by Crippen LogP contribution is 2.31. The van der Waals surface area contributed by atoms with Crippen LogP contribution in [0.1, 0.15) is 6.92 Å². The van der Waals surface area contributed by atoms with Crippen molar-refractivity contribution in [3.8, 4) is 23.0 Å². The number of hydrogen-bond donors (Lipinski definition) is 1. The van der Waals surface area contributed by atoms with Crippen LogP contribution >= 0.6 is 11.8 Å². The molecule has 0 aliphatic heterocycles. The molecule has 0 radical (unpaired) electrons. The highest BCUT2D eigenvalue weighted by atomic mass is 32.2. The van der Waals surface area contributed by atoms with E-state index in [-0.39, 0.29) is 5.75 Å². The number of ether oxygens (including phenoxy) is 1. The van der Waals surface area contributed by atoms with Crippen molar-refractivity contribution in [2.45, 2.75) is 12.1 Å². The summed E-state index contributed by atoms with van der Waals surface area (Å²) in [6.07, 6.45) is 1.69. The molecule has 0 aliphatic rings. The number of rotatable bonds is 7. The smallest absolute Gasteiger partial charge is 0.227 e. The zero-order valence-corrected chi connectivity index (χ0v) is 14.4. The van der Waals surface area contributed by atoms with Gasteiger partial charge in [-0.1, -0.05) is 30.0 Å². The molecule has 3 rings (SSSR count). The van der Waals surface area contributed by atoms with Gasteiger partial charge in [0.1, 0.15) is 11.4 Å². The van der Waals surface area contributed by atoms with Gasteiger partial charge in [-0.25, -0.2) is 0 Å². The summed E-state index contributed by atoms with van der Waals surface area (Å²) < 4.78 is 7.57. The van der Waals surface area contributed by atoms with Crippen LogP contribution in [0.4, 0.5) is 0 Å². The fraction of sp³-hybridized carbons (Fsp3) is 0.176. The van der Waals surface area contributed by atoms with Gasteiger partial charge in [0.15, 0.2) is 11.0 Å². The molecular formula is C17H17N5O2S. The number of thioether (sulfide) groups is 1. The Balaban J connectivity index is 2.15. The van der Waals surface area contributed by atoms with Crippen LogP contribution in [0.2, 0.25) is 0 Å². The SMILES string of the molecule is CCOc1ccccc1-n1c(SCC(N)=O)nnc1-c1ccccn1. The highest BCUT2D eigenvalue weighted by Gasteiger charge is 2.20. The number of benzene rings is 1. The van der Waals surface area contributed by atoms with Gasteiger partial charge in [-0.15, -0.1) is 10.2 Å². The lowest BCUT2D eigenvalue weighted by molar-refractivity contribution is -0.115. The second-order valence-corrected chi connectivity index (χ2v) is 5.95. The Morgan fingerprint density at radius 2 is 2.00 bits per heavy atom. The van der Waals surface area contributed by atoms with E-state index in [4.69, 9.17) is 10.5 Å². The van der Waals surface area contributed by atoms with Crippen molar-refractivity contribution in [1.29, 1.82) is 0 Å². The molecule has 0 spiro atoms. The van der Waals surface area contributed by atoms with Crippen LogP contribution in [0, 0.1) is 0 Å². The zero-order chi connectivity index (χ0) is 17.6. The first-order valence-corrected chi connectivity index (χ1v) is 8.69. The summed E-state index contributed by atoms with van der Waals surface area (Å²) in [5, 5.41) is 9.03. The number of pyridine rings is 1. The molecule has 2 heterocycles. The molecule has 2 aromatic heterocycles. The number of carbonyl (C=O) groups is 1. The first kappa shape index (κ1) is 17.0. The van der Waals surface area contributed by atoms with Gasteiger partial charge in [-0.2, -0.15) is 0 Å². The summed E-state index contributed by atoms with van der Waals surface area (Å²) in [6.45, 7) is 2.45. The molecule has 0 bridgehead atoms. The minimum Gasteiger partial charge on any atom is -0.492 e. The van der Waals surface area contributed by atoms with Gasteiger partial charge in [-0.3, -0.25) is 14.3 Å². The van der Waals surface area contributed by atoms with Crippen molar-refractivity contribution in [2.24, 2.45) is 5.73 Å². The van der Waals surface area contributed by atoms with E-state index in [1.54, 1.807) is 6.20 Å². The fourth-order valence-electron chi connectivity index (χ4n) is 2.30. The van der Waals surface area contributed by atoms with Gasteiger partial charge < -0.3 is 10.5 Å². The lowest BCUT2D eigenvalue weighted by Gasteiger charge is -2.14. The van der Waals surface area contributed by atoms with Gasteiger partial charge in [-0.05, 0) is 31.2 Å². The zero-order valence-electron chi connectivity index (χ0n) is 13.6. The van der Waals surface area contributed by atoms with E-state index in [0.717, 1.165) is 5.69 Å². The van der Waals surface area contributed by atoms with Crippen molar-refractivity contribution in [1.82, 2.24) is 19.7 Å². The molecule has 0 saturated carbocycles. The number of amides is 1. The summed E-state index contributed by atoms with van der Waals surface area (Å²) in [6, 6.07) is 13.2. The average molecular weight is 355 g/mol. The number of carbonyl (C=O) groups excluding carboxylic acids is 1. The van der Waals surface area contributed by atoms with Crippen LogP contribution in [0.25, 0.3) is 17.2 Å². The largest absolute Gasteiger partial charge is 0.492 e. The quantitative estimate of drug-likeness (QED) is 0.653. The monoisotopic (exact) mass is 355 g/mol. The van der Waals surface area contributed by atoms with E-state index in [2.05, 4.69) is 15.2 Å². The molecule has 7 nitrogen and oxygen atoms in total. The Bertz CT molecular complexity index is 866. The maximum Gasteiger partial charge on any atom is 0.227 e. The Hall–Kier alpha value is -2.87. The van der Waals surface area contributed by atoms with Crippen LogP contribution in [0.3, 0.4) is 0 Å². The maximum absolute atomic E-state index is 11.2. The van der Waals surface area contributed by atoms with E-state index in [0.29, 0.717) is 29.0 Å². The fourth-order valence-corrected chi connectivity index (χ4v) is 2.98. The highest BCUT2D eigenvalue weighted by molar-refractivity contribution is 7.99. The molecule has 0 saturated heterocycles. The maximum atomic E-state index is 11.2. The average Bonchev–Trinajstić information content (AvgIpc) is 3.05. The number of para-hydroxylation sites is 2. The Morgan fingerprint density at radius 3 is 2.72 bits per heavy atom. The molecule has 0 aliphatic carbocycles. The molecule has 0 fully saturated rings. The van der Waals surface area contributed by atoms with Crippen molar-refractivity contribution >= 4 is 17.7 Å². The van der Waals surface area contributed by atoms with Gasteiger partial charge >= 0.3 is 0 Å². The molecular weight excluding hydrogens is 338 g/mol. The minimum absolute atomic E-state index is 0.108. The van der Waals surface area contributed by atoms with E-state index in [1.807, 2.05) is 54.0 Å². The van der Waals surface area contributed by atoms with E-state index in [1.165, 1.54) is 11.8 Å². The molecule has 8 heteroatoms. The van der Waals surface area contributed by atoms with Crippen LogP contribution in [-0.2, 0) is 4.79 Å². The lowest BCUT2D eigenvalue weighted by atomic mass is 10.2. The van der Waals surface area contributed by atoms with Gasteiger partial charge in [0.25, 0.3) is 0 Å². The van der Waals surface area contributed by atoms with E-state index in [9.17, 15) is 4.79 Å². The van der Waals surface area contributed by atoms with Gasteiger partial charge in [0.05, 0.1) is 18.0 Å². The third-order valence-corrected chi connectivity index (χ3v) is 4.23. The van der Waals surface area contributed by atoms with Crippen LogP contribution < -0.4 is 10.5 Å². The Morgan fingerprint density at radius 1 is 1.20 bits per heavy atom. The third-order valence-electron chi connectivity index (χ3n) is 3.28. The standard InChI is InChI=1S/C17H17N5O2S/c1-2-24-14-9-4-3-8-13(14)22-16(12-7-5-6-10-19-12)20-21-17(22)25-11-15(18)23/h3-10H,2,11H2,1H3,(H2,18,23). The van der Waals surface area contributed by atoms with Crippen molar-refractivity contribution < 1.29 is 9.53 Å². The van der Waals surface area contributed by atoms with Gasteiger partial charge in [0.2, 0.25) is 5.91 Å². The second kappa shape index (κ2) is 7.80. The molecule has 3 aromatic rings. The summed E-state index contributed by atoms with van der Waals surface area (Å²) >= 11 is 1.22. The predicted molar refractivity (Wildman–Crippen MR) is 95.7 cm³/mol. The number of aromatic nitrogens is 4. The summed E-state index contributed by atoms with van der Waals surface area (Å²) in [4.78, 5) is 15.5. The second-order valence-electron chi connectivity index (χ2n) is 5.01. The molecule has 0 unspecified atom stereocenters. The first-order valence-electron chi connectivity index (χ1n) is 7.70. The summed E-state index contributed by atoms with van der Waals surface area (Å²) in [5.74, 6) is 0.955. The molecule has 0 atom stereocenters. The normalized spacial score (nSPS) is 10.6. The molecule has 2 N–H and O–H groups in total. The van der Waals surface area contributed by atoms with Crippen molar-refractivity contribution in [3.05, 3.63) is 48.7 Å². The molecule has 25 heavy (non-hydrogen) atoms. The first-order chi connectivity index (χ1) is 12.2. The number of primary amides is 1. The number of nitrogens with zero attached hydrogens (tertiary/aromatic N) is 4. The van der Waals surface area contributed by atoms with Gasteiger partial charge in [0, 0.05) is 6.20 Å². The number of nitrogens with two attached hydrogens (primary N) is 1. The van der Waals surface area contributed by atoms with E-state index >= 15 is 0 Å². The van der Waals surface area contributed by atoms with Crippen molar-refractivity contribution in [3.63, 3.8) is 0 Å². The Labute approximate surface area is 149 Å². The third kappa shape index (κ3) is 3.80. The molecule has 1 amide bonds. The minimum atomic E-state index is -0.419. The molecule has 1 aromatic carbocycles. The van der Waals surface area contributed by atoms with Crippen molar-refractivity contribution in [2.75, 3.05) is 12.4 Å². The Kier molecular flexibility index (Phi) is 5.30. The summed E-state index contributed by atoms with van der Waals surface area (Å²) in [5.41, 5.74) is 6.72. The number of hydrogen-bond acceptors (Lipinski definition) is 6.